The summed E-state index contributed by atoms with van der Waals surface area (Å²) in [6, 6.07) is 0. The molecular formula is C7H9BrO2. The first kappa shape index (κ1) is 7.79. The molecule has 2 nitrogen and oxygen atoms in total. The highest BCUT2D eigenvalue weighted by molar-refractivity contribution is 9.09. The van der Waals surface area contributed by atoms with Gasteiger partial charge in [-0.1, -0.05) is 28.1 Å². The quantitative estimate of drug-likeness (QED) is 0.388. The van der Waals surface area contributed by atoms with E-state index >= 15 is 0 Å². The number of rotatable bonds is 2. The van der Waals surface area contributed by atoms with Gasteiger partial charge in [0.1, 0.15) is 0 Å². The van der Waals surface area contributed by atoms with Crippen molar-refractivity contribution in [2.24, 2.45) is 5.92 Å². The molecule has 1 aliphatic rings. The van der Waals surface area contributed by atoms with Gasteiger partial charge in [0.25, 0.3) is 0 Å². The van der Waals surface area contributed by atoms with Crippen LogP contribution in [0.4, 0.5) is 0 Å². The Hall–Kier alpha value is -0.310. The van der Waals surface area contributed by atoms with Crippen LogP contribution in [0.2, 0.25) is 0 Å². The molecule has 1 heterocycles. The van der Waals surface area contributed by atoms with Crippen LogP contribution in [0, 0.1) is 5.92 Å². The Morgan fingerprint density at radius 3 is 3.00 bits per heavy atom. The van der Waals surface area contributed by atoms with E-state index in [1.807, 2.05) is 0 Å². The van der Waals surface area contributed by atoms with Crippen LogP contribution < -0.4 is 0 Å². The summed E-state index contributed by atoms with van der Waals surface area (Å²) in [6.07, 6.45) is 0.795. The fraction of sp³-hybridized carbons (Fsp3) is 0.571. The summed E-state index contributed by atoms with van der Waals surface area (Å²) in [5.41, 5.74) is 0.919. The van der Waals surface area contributed by atoms with E-state index in [0.717, 1.165) is 12.0 Å². The highest BCUT2D eigenvalue weighted by Gasteiger charge is 2.27. The monoisotopic (exact) mass is 204 g/mol. The van der Waals surface area contributed by atoms with Crippen molar-refractivity contribution >= 4 is 21.9 Å². The van der Waals surface area contributed by atoms with E-state index in [2.05, 4.69) is 22.5 Å². The van der Waals surface area contributed by atoms with Crippen LogP contribution in [0.3, 0.4) is 0 Å². The first-order chi connectivity index (χ1) is 4.75. The average Bonchev–Trinajstić information content (AvgIpc) is 2.34. The van der Waals surface area contributed by atoms with Gasteiger partial charge < -0.3 is 4.74 Å². The molecule has 0 radical (unpaired) electrons. The third-order valence-corrected chi connectivity index (χ3v) is 2.32. The van der Waals surface area contributed by atoms with E-state index in [-0.39, 0.29) is 11.9 Å². The SMILES string of the molecule is C=C(CBr)C1CCOC1=O. The van der Waals surface area contributed by atoms with Gasteiger partial charge in [-0.05, 0) is 6.42 Å². The Balaban J connectivity index is 2.55. The zero-order valence-electron chi connectivity index (χ0n) is 5.60. The predicted molar refractivity (Wildman–Crippen MR) is 42.0 cm³/mol. The van der Waals surface area contributed by atoms with Crippen LogP contribution in [0.25, 0.3) is 0 Å². The van der Waals surface area contributed by atoms with Crippen molar-refractivity contribution < 1.29 is 9.53 Å². The molecule has 0 aromatic heterocycles. The summed E-state index contributed by atoms with van der Waals surface area (Å²) >= 11 is 3.24. The number of hydrogen-bond donors (Lipinski definition) is 0. The highest BCUT2D eigenvalue weighted by atomic mass is 79.9. The van der Waals surface area contributed by atoms with Crippen molar-refractivity contribution in [3.05, 3.63) is 12.2 Å². The van der Waals surface area contributed by atoms with E-state index in [1.54, 1.807) is 0 Å². The minimum atomic E-state index is -0.121. The Kier molecular flexibility index (Phi) is 2.49. The molecule has 0 aromatic carbocycles. The summed E-state index contributed by atoms with van der Waals surface area (Å²) in [7, 11) is 0. The van der Waals surface area contributed by atoms with Crippen molar-refractivity contribution in [1.29, 1.82) is 0 Å². The van der Waals surface area contributed by atoms with Crippen molar-refractivity contribution in [3.63, 3.8) is 0 Å². The molecule has 1 aliphatic heterocycles. The fourth-order valence-electron chi connectivity index (χ4n) is 0.960. The van der Waals surface area contributed by atoms with E-state index < -0.39 is 0 Å². The second-order valence-corrected chi connectivity index (χ2v) is 2.86. The summed E-state index contributed by atoms with van der Waals surface area (Å²) in [4.78, 5) is 10.9. The van der Waals surface area contributed by atoms with Gasteiger partial charge >= 0.3 is 5.97 Å². The van der Waals surface area contributed by atoms with Crippen LogP contribution in [0.1, 0.15) is 6.42 Å². The molecule has 0 amide bonds. The summed E-state index contributed by atoms with van der Waals surface area (Å²) in [5.74, 6) is -0.177. The minimum absolute atomic E-state index is 0.0561. The maximum atomic E-state index is 10.9. The second-order valence-electron chi connectivity index (χ2n) is 2.30. The Bertz CT molecular complexity index is 165. The van der Waals surface area contributed by atoms with Gasteiger partial charge in [0, 0.05) is 5.33 Å². The van der Waals surface area contributed by atoms with Gasteiger partial charge in [0.2, 0.25) is 0 Å². The van der Waals surface area contributed by atoms with Crippen LogP contribution in [0.5, 0.6) is 0 Å². The molecule has 3 heteroatoms. The van der Waals surface area contributed by atoms with Crippen molar-refractivity contribution in [3.8, 4) is 0 Å². The number of carbonyl (C=O) groups is 1. The van der Waals surface area contributed by atoms with Crippen LogP contribution in [-0.2, 0) is 9.53 Å². The summed E-state index contributed by atoms with van der Waals surface area (Å²) < 4.78 is 4.77. The maximum Gasteiger partial charge on any atom is 0.313 e. The van der Waals surface area contributed by atoms with Gasteiger partial charge in [-0.25, -0.2) is 0 Å². The van der Waals surface area contributed by atoms with Gasteiger partial charge in [0.15, 0.2) is 0 Å². The van der Waals surface area contributed by atoms with Gasteiger partial charge in [-0.2, -0.15) is 0 Å². The van der Waals surface area contributed by atoms with Gasteiger partial charge in [-0.15, -0.1) is 0 Å². The average molecular weight is 205 g/mol. The topological polar surface area (TPSA) is 26.3 Å². The van der Waals surface area contributed by atoms with E-state index in [0.29, 0.717) is 11.9 Å². The number of hydrogen-bond acceptors (Lipinski definition) is 2. The molecule has 1 rings (SSSR count). The van der Waals surface area contributed by atoms with Gasteiger partial charge in [0.05, 0.1) is 12.5 Å². The fourth-order valence-corrected chi connectivity index (χ4v) is 1.35. The third-order valence-electron chi connectivity index (χ3n) is 1.60. The molecule has 0 bridgehead atoms. The third kappa shape index (κ3) is 1.40. The minimum Gasteiger partial charge on any atom is -0.465 e. The molecule has 56 valence electrons. The number of halogens is 1. The molecule has 1 unspecified atom stereocenters. The molecule has 1 fully saturated rings. The van der Waals surface area contributed by atoms with Gasteiger partial charge in [-0.3, -0.25) is 4.79 Å². The smallest absolute Gasteiger partial charge is 0.313 e. The molecule has 0 aromatic rings. The molecule has 0 spiro atoms. The van der Waals surface area contributed by atoms with E-state index in [9.17, 15) is 4.79 Å². The first-order valence-electron chi connectivity index (χ1n) is 3.16. The lowest BCUT2D eigenvalue weighted by Gasteiger charge is -2.04. The molecule has 1 atom stereocenters. The lowest BCUT2D eigenvalue weighted by Crippen LogP contribution is -2.10. The standard InChI is InChI=1S/C7H9BrO2/c1-5(4-8)6-2-3-10-7(6)9/h6H,1-4H2. The number of ether oxygens (including phenoxy) is 1. The second kappa shape index (κ2) is 3.19. The largest absolute Gasteiger partial charge is 0.465 e. The van der Waals surface area contributed by atoms with Crippen molar-refractivity contribution in [2.75, 3.05) is 11.9 Å². The number of carbonyl (C=O) groups excluding carboxylic acids is 1. The molecular weight excluding hydrogens is 196 g/mol. The Morgan fingerprint density at radius 1 is 1.90 bits per heavy atom. The molecule has 10 heavy (non-hydrogen) atoms. The summed E-state index contributed by atoms with van der Waals surface area (Å²) in [5, 5.41) is 0.687. The predicted octanol–water partition coefficient (Wildman–Crippen LogP) is 1.50. The zero-order valence-corrected chi connectivity index (χ0v) is 7.19. The molecule has 0 aliphatic carbocycles. The number of cyclic esters (lactones) is 1. The van der Waals surface area contributed by atoms with Crippen LogP contribution in [-0.4, -0.2) is 17.9 Å². The number of esters is 1. The van der Waals surface area contributed by atoms with E-state index in [4.69, 9.17) is 4.74 Å². The normalized spacial score (nSPS) is 24.5. The van der Waals surface area contributed by atoms with Crippen LogP contribution in [0.15, 0.2) is 12.2 Å². The lowest BCUT2D eigenvalue weighted by atomic mass is 10.0. The Morgan fingerprint density at radius 2 is 2.60 bits per heavy atom. The van der Waals surface area contributed by atoms with Crippen molar-refractivity contribution in [2.45, 2.75) is 6.42 Å². The molecule has 0 N–H and O–H groups in total. The maximum absolute atomic E-state index is 10.9. The summed E-state index contributed by atoms with van der Waals surface area (Å²) in [6.45, 7) is 4.31. The van der Waals surface area contributed by atoms with Crippen molar-refractivity contribution in [1.82, 2.24) is 0 Å². The highest BCUT2D eigenvalue weighted by Crippen LogP contribution is 2.22. The number of alkyl halides is 1. The molecule has 0 saturated carbocycles. The first-order valence-corrected chi connectivity index (χ1v) is 4.28. The molecule has 1 saturated heterocycles. The zero-order chi connectivity index (χ0) is 7.56. The lowest BCUT2D eigenvalue weighted by molar-refractivity contribution is -0.140. The van der Waals surface area contributed by atoms with E-state index in [1.165, 1.54) is 0 Å². The van der Waals surface area contributed by atoms with Crippen LogP contribution >= 0.6 is 15.9 Å². The Labute approximate surface area is 68.4 Å².